The SMILES string of the molecule is CCOC(=O)NC(=O)[C@@H]1C[C@H](C(=O)OCC)Nc2ccc(C(F)(F)F)cc21. The van der Waals surface area contributed by atoms with Crippen molar-refractivity contribution in [3.63, 3.8) is 0 Å². The third kappa shape index (κ3) is 4.89. The summed E-state index contributed by atoms with van der Waals surface area (Å²) >= 11 is 0. The summed E-state index contributed by atoms with van der Waals surface area (Å²) in [6.45, 7) is 3.27. The number of alkyl halides is 3. The van der Waals surface area contributed by atoms with E-state index >= 15 is 0 Å². The average Bonchev–Trinajstić information content (AvgIpc) is 2.59. The Morgan fingerprint density at radius 3 is 2.44 bits per heavy atom. The Kier molecular flexibility index (Phi) is 6.29. The second-order valence-corrected chi connectivity index (χ2v) is 5.75. The molecule has 1 aliphatic rings. The van der Waals surface area contributed by atoms with Gasteiger partial charge in [-0.25, -0.2) is 9.59 Å². The van der Waals surface area contributed by atoms with Crippen LogP contribution in [0.5, 0.6) is 0 Å². The maximum atomic E-state index is 13.0. The minimum atomic E-state index is -4.60. The summed E-state index contributed by atoms with van der Waals surface area (Å²) < 4.78 is 48.6. The fourth-order valence-corrected chi connectivity index (χ4v) is 2.77. The lowest BCUT2D eigenvalue weighted by Gasteiger charge is -2.31. The van der Waals surface area contributed by atoms with Crippen molar-refractivity contribution in [1.82, 2.24) is 5.32 Å². The van der Waals surface area contributed by atoms with E-state index in [1.54, 1.807) is 6.92 Å². The Hall–Kier alpha value is -2.78. The van der Waals surface area contributed by atoms with Crippen LogP contribution in [-0.4, -0.2) is 37.2 Å². The second kappa shape index (κ2) is 8.28. The van der Waals surface area contributed by atoms with Crippen molar-refractivity contribution in [2.24, 2.45) is 0 Å². The number of halogens is 3. The maximum Gasteiger partial charge on any atom is 0.416 e. The number of benzene rings is 1. The van der Waals surface area contributed by atoms with Gasteiger partial charge in [-0.2, -0.15) is 13.2 Å². The highest BCUT2D eigenvalue weighted by Crippen LogP contribution is 2.39. The molecule has 0 saturated carbocycles. The molecule has 0 aliphatic carbocycles. The molecule has 2 atom stereocenters. The van der Waals surface area contributed by atoms with Crippen LogP contribution in [0.15, 0.2) is 18.2 Å². The van der Waals surface area contributed by atoms with Crippen LogP contribution in [0.25, 0.3) is 0 Å². The van der Waals surface area contributed by atoms with E-state index in [4.69, 9.17) is 4.74 Å². The number of imide groups is 1. The number of hydrogen-bond donors (Lipinski definition) is 2. The highest BCUT2D eigenvalue weighted by Gasteiger charge is 2.39. The summed E-state index contributed by atoms with van der Waals surface area (Å²) in [7, 11) is 0. The molecule has 7 nitrogen and oxygen atoms in total. The number of hydrogen-bond acceptors (Lipinski definition) is 6. The molecule has 2 amide bonds. The monoisotopic (exact) mass is 388 g/mol. The Morgan fingerprint density at radius 1 is 1.19 bits per heavy atom. The maximum absolute atomic E-state index is 13.0. The number of esters is 1. The number of carbonyl (C=O) groups is 3. The average molecular weight is 388 g/mol. The minimum absolute atomic E-state index is 0.0194. The Labute approximate surface area is 153 Å². The number of amides is 2. The number of carbonyl (C=O) groups excluding carboxylic acids is 3. The summed E-state index contributed by atoms with van der Waals surface area (Å²) in [5, 5.41) is 4.77. The molecule has 10 heteroatoms. The zero-order valence-electron chi connectivity index (χ0n) is 14.7. The molecule has 0 bridgehead atoms. The predicted molar refractivity (Wildman–Crippen MR) is 88.0 cm³/mol. The van der Waals surface area contributed by atoms with Gasteiger partial charge in [0.25, 0.3) is 0 Å². The molecule has 0 fully saturated rings. The number of fused-ring (bicyclic) bond motifs is 1. The molecule has 0 aromatic heterocycles. The van der Waals surface area contributed by atoms with Crippen LogP contribution in [0.4, 0.5) is 23.7 Å². The molecule has 0 saturated heterocycles. The van der Waals surface area contributed by atoms with Crippen LogP contribution in [0.2, 0.25) is 0 Å². The topological polar surface area (TPSA) is 93.7 Å². The van der Waals surface area contributed by atoms with Crippen molar-refractivity contribution in [1.29, 1.82) is 0 Å². The van der Waals surface area contributed by atoms with Gasteiger partial charge < -0.3 is 14.8 Å². The Balaban J connectivity index is 2.38. The van der Waals surface area contributed by atoms with E-state index in [1.807, 2.05) is 5.32 Å². The van der Waals surface area contributed by atoms with Crippen LogP contribution in [0.3, 0.4) is 0 Å². The predicted octanol–water partition coefficient (Wildman–Crippen LogP) is 2.81. The lowest BCUT2D eigenvalue weighted by molar-refractivity contribution is -0.144. The molecule has 0 unspecified atom stereocenters. The van der Waals surface area contributed by atoms with Crippen LogP contribution in [0.1, 0.15) is 37.3 Å². The van der Waals surface area contributed by atoms with Crippen molar-refractivity contribution < 1.29 is 37.0 Å². The quantitative estimate of drug-likeness (QED) is 0.771. The molecule has 0 radical (unpaired) electrons. The molecule has 1 aromatic rings. The van der Waals surface area contributed by atoms with Gasteiger partial charge in [0.15, 0.2) is 0 Å². The molecular formula is C17H19F3N2O5. The van der Waals surface area contributed by atoms with Crippen LogP contribution >= 0.6 is 0 Å². The molecule has 148 valence electrons. The molecule has 1 heterocycles. The molecular weight excluding hydrogens is 369 g/mol. The summed E-state index contributed by atoms with van der Waals surface area (Å²) in [5.74, 6) is -2.66. The van der Waals surface area contributed by atoms with Crippen molar-refractivity contribution in [3.05, 3.63) is 29.3 Å². The van der Waals surface area contributed by atoms with Crippen LogP contribution < -0.4 is 10.6 Å². The third-order valence-corrected chi connectivity index (χ3v) is 3.94. The minimum Gasteiger partial charge on any atom is -0.464 e. The van der Waals surface area contributed by atoms with Gasteiger partial charge >= 0.3 is 18.2 Å². The summed E-state index contributed by atoms with van der Waals surface area (Å²) in [4.78, 5) is 36.0. The number of rotatable bonds is 4. The molecule has 0 spiro atoms. The smallest absolute Gasteiger partial charge is 0.416 e. The second-order valence-electron chi connectivity index (χ2n) is 5.75. The van der Waals surface area contributed by atoms with Gasteiger partial charge in [-0.05, 0) is 44.0 Å². The fourth-order valence-electron chi connectivity index (χ4n) is 2.77. The van der Waals surface area contributed by atoms with Crippen LogP contribution in [0, 0.1) is 0 Å². The number of anilines is 1. The normalized spacial score (nSPS) is 18.7. The van der Waals surface area contributed by atoms with Crippen molar-refractivity contribution in [2.45, 2.75) is 38.4 Å². The standard InChI is InChI=1S/C17H19F3N2O5/c1-3-26-15(24)13-8-11(14(23)22-16(25)27-4-2)10-7-9(17(18,19)20)5-6-12(10)21-13/h5-7,11,13,21H,3-4,8H2,1-2H3,(H,22,23,25)/t11-,13-/m1/s1. The van der Waals surface area contributed by atoms with Gasteiger partial charge in [-0.15, -0.1) is 0 Å². The van der Waals surface area contributed by atoms with E-state index in [2.05, 4.69) is 10.1 Å². The lowest BCUT2D eigenvalue weighted by Crippen LogP contribution is -2.43. The van der Waals surface area contributed by atoms with E-state index < -0.39 is 41.7 Å². The number of nitrogens with one attached hydrogen (secondary N) is 2. The highest BCUT2D eigenvalue weighted by atomic mass is 19.4. The van der Waals surface area contributed by atoms with E-state index in [0.717, 1.165) is 18.2 Å². The van der Waals surface area contributed by atoms with Gasteiger partial charge in [0, 0.05) is 5.69 Å². The van der Waals surface area contributed by atoms with Gasteiger partial charge in [0.05, 0.1) is 24.7 Å². The third-order valence-electron chi connectivity index (χ3n) is 3.94. The zero-order valence-corrected chi connectivity index (χ0v) is 14.7. The first kappa shape index (κ1) is 20.5. The lowest BCUT2D eigenvalue weighted by atomic mass is 9.85. The summed E-state index contributed by atoms with van der Waals surface area (Å²) in [6, 6.07) is 1.89. The summed E-state index contributed by atoms with van der Waals surface area (Å²) in [6.07, 6.45) is -5.78. The molecule has 2 rings (SSSR count). The molecule has 27 heavy (non-hydrogen) atoms. The first-order chi connectivity index (χ1) is 12.7. The number of alkyl carbamates (subject to hydrolysis) is 1. The summed E-state index contributed by atoms with van der Waals surface area (Å²) in [5.41, 5.74) is -0.713. The number of ether oxygens (including phenoxy) is 2. The first-order valence-corrected chi connectivity index (χ1v) is 8.29. The van der Waals surface area contributed by atoms with E-state index in [-0.39, 0.29) is 30.9 Å². The molecule has 1 aliphatic heterocycles. The Bertz CT molecular complexity index is 736. The highest BCUT2D eigenvalue weighted by molar-refractivity contribution is 5.98. The molecule has 2 N–H and O–H groups in total. The van der Waals surface area contributed by atoms with E-state index in [9.17, 15) is 27.6 Å². The van der Waals surface area contributed by atoms with Gasteiger partial charge in [-0.3, -0.25) is 10.1 Å². The first-order valence-electron chi connectivity index (χ1n) is 8.29. The Morgan fingerprint density at radius 2 is 1.85 bits per heavy atom. The van der Waals surface area contributed by atoms with Crippen LogP contribution in [-0.2, 0) is 25.2 Å². The molecule has 1 aromatic carbocycles. The van der Waals surface area contributed by atoms with Gasteiger partial charge in [-0.1, -0.05) is 0 Å². The van der Waals surface area contributed by atoms with Gasteiger partial charge in [0.1, 0.15) is 6.04 Å². The van der Waals surface area contributed by atoms with E-state index in [1.165, 1.54) is 6.92 Å². The van der Waals surface area contributed by atoms with Gasteiger partial charge in [0.2, 0.25) is 5.91 Å². The largest absolute Gasteiger partial charge is 0.464 e. The van der Waals surface area contributed by atoms with Crippen molar-refractivity contribution >= 4 is 23.7 Å². The van der Waals surface area contributed by atoms with E-state index in [0.29, 0.717) is 0 Å². The van der Waals surface area contributed by atoms with Crippen molar-refractivity contribution in [2.75, 3.05) is 18.5 Å². The fraction of sp³-hybridized carbons (Fsp3) is 0.471. The zero-order chi connectivity index (χ0) is 20.2. The van der Waals surface area contributed by atoms with Crippen molar-refractivity contribution in [3.8, 4) is 0 Å².